The highest BCUT2D eigenvalue weighted by Gasteiger charge is 2.30. The molecule has 3 aromatic heterocycles. The summed E-state index contributed by atoms with van der Waals surface area (Å²) in [5, 5.41) is 11.6. The van der Waals surface area contributed by atoms with E-state index >= 15 is 0 Å². The van der Waals surface area contributed by atoms with Crippen molar-refractivity contribution in [1.82, 2.24) is 29.7 Å². The summed E-state index contributed by atoms with van der Waals surface area (Å²) in [7, 11) is 1.72. The van der Waals surface area contributed by atoms with E-state index in [1.807, 2.05) is 4.90 Å². The molecule has 0 aromatic carbocycles. The fourth-order valence-electron chi connectivity index (χ4n) is 3.36. The van der Waals surface area contributed by atoms with Crippen LogP contribution in [0.1, 0.15) is 27.3 Å². The van der Waals surface area contributed by atoms with Crippen molar-refractivity contribution in [3.63, 3.8) is 0 Å². The maximum atomic E-state index is 11.9. The maximum absolute atomic E-state index is 11.9. The highest BCUT2D eigenvalue weighted by molar-refractivity contribution is 5.99. The quantitative estimate of drug-likeness (QED) is 0.531. The van der Waals surface area contributed by atoms with Gasteiger partial charge in [-0.1, -0.05) is 0 Å². The van der Waals surface area contributed by atoms with Crippen LogP contribution in [-0.2, 0) is 7.05 Å². The van der Waals surface area contributed by atoms with Crippen LogP contribution in [0.15, 0.2) is 24.7 Å². The van der Waals surface area contributed by atoms with Gasteiger partial charge in [-0.25, -0.2) is 9.50 Å². The number of nitrogens with two attached hydrogens (primary N) is 2. The molecule has 0 bridgehead atoms. The molecule has 0 aliphatic carbocycles. The van der Waals surface area contributed by atoms with E-state index in [1.165, 1.54) is 15.4 Å². The Morgan fingerprint density at radius 3 is 2.81 bits per heavy atom. The molecule has 0 saturated carbocycles. The molecule has 1 atom stereocenters. The molecule has 1 saturated heterocycles. The van der Waals surface area contributed by atoms with E-state index in [0.29, 0.717) is 23.7 Å². The van der Waals surface area contributed by atoms with Crippen LogP contribution in [0.3, 0.4) is 0 Å². The summed E-state index contributed by atoms with van der Waals surface area (Å²) in [6.45, 7) is 1.55. The molecule has 1 aliphatic heterocycles. The van der Waals surface area contributed by atoms with Crippen molar-refractivity contribution < 1.29 is 9.59 Å². The first-order valence-electron chi connectivity index (χ1n) is 8.43. The topological polar surface area (TPSA) is 149 Å². The minimum atomic E-state index is -0.621. The molecule has 2 amide bonds. The van der Waals surface area contributed by atoms with Gasteiger partial charge in [0.2, 0.25) is 0 Å². The van der Waals surface area contributed by atoms with Crippen molar-refractivity contribution in [2.24, 2.45) is 18.5 Å². The number of anilines is 2. The number of aromatic nitrogens is 5. The minimum Gasteiger partial charge on any atom is -0.365 e. The van der Waals surface area contributed by atoms with Crippen molar-refractivity contribution in [3.8, 4) is 0 Å². The lowest BCUT2D eigenvalue weighted by Gasteiger charge is -2.29. The Hall–Kier alpha value is -3.47. The summed E-state index contributed by atoms with van der Waals surface area (Å²) in [6.07, 6.45) is 5.66. The van der Waals surface area contributed by atoms with Gasteiger partial charge in [-0.2, -0.15) is 10.2 Å². The van der Waals surface area contributed by atoms with Crippen LogP contribution in [0.5, 0.6) is 0 Å². The number of aryl methyl sites for hydroxylation is 1. The van der Waals surface area contributed by atoms with Gasteiger partial charge in [0.25, 0.3) is 11.8 Å². The number of carbonyl (C=O) groups is 2. The molecule has 140 valence electrons. The number of rotatable bonds is 5. The lowest BCUT2D eigenvalue weighted by atomic mass is 10.2. The number of nitrogens with zero attached hydrogens (tertiary/aromatic N) is 6. The highest BCUT2D eigenvalue weighted by atomic mass is 16.1. The van der Waals surface area contributed by atoms with E-state index in [-0.39, 0.29) is 17.3 Å². The molecule has 1 aliphatic rings. The zero-order valence-corrected chi connectivity index (χ0v) is 14.7. The molecule has 11 nitrogen and oxygen atoms in total. The summed E-state index contributed by atoms with van der Waals surface area (Å²) in [4.78, 5) is 30.1. The Balaban J connectivity index is 1.89. The Labute approximate surface area is 153 Å². The number of carbonyl (C=O) groups excluding carboxylic acids is 2. The van der Waals surface area contributed by atoms with E-state index in [2.05, 4.69) is 20.5 Å². The van der Waals surface area contributed by atoms with Gasteiger partial charge in [0.05, 0.1) is 11.9 Å². The van der Waals surface area contributed by atoms with Crippen LogP contribution in [0.25, 0.3) is 5.65 Å². The van der Waals surface area contributed by atoms with Gasteiger partial charge in [0.1, 0.15) is 11.4 Å². The predicted octanol–water partition coefficient (Wildman–Crippen LogP) is -0.839. The predicted molar refractivity (Wildman–Crippen MR) is 96.6 cm³/mol. The third-order valence-electron chi connectivity index (χ3n) is 4.57. The molecule has 0 radical (unpaired) electrons. The molecule has 5 N–H and O–H groups in total. The summed E-state index contributed by atoms with van der Waals surface area (Å²) in [6, 6.07) is 1.81. The van der Waals surface area contributed by atoms with Gasteiger partial charge < -0.3 is 21.7 Å². The Morgan fingerprint density at radius 2 is 2.15 bits per heavy atom. The van der Waals surface area contributed by atoms with Gasteiger partial charge >= 0.3 is 0 Å². The fraction of sp³-hybridized carbons (Fsp3) is 0.312. The van der Waals surface area contributed by atoms with Gasteiger partial charge in [-0.05, 0) is 19.0 Å². The van der Waals surface area contributed by atoms with Gasteiger partial charge in [0, 0.05) is 32.0 Å². The molecular weight excluding hydrogens is 350 g/mol. The number of nitrogens with one attached hydrogen (secondary N) is 1. The van der Waals surface area contributed by atoms with Crippen molar-refractivity contribution >= 4 is 29.0 Å². The molecule has 0 spiro atoms. The molecule has 11 heteroatoms. The Bertz CT molecular complexity index is 1030. The number of primary amides is 2. The minimum absolute atomic E-state index is 0.0437. The zero-order chi connectivity index (χ0) is 19.1. The molecule has 3 aromatic rings. The molecule has 1 unspecified atom stereocenters. The Morgan fingerprint density at radius 1 is 1.33 bits per heavy atom. The van der Waals surface area contributed by atoms with Crippen LogP contribution in [-0.4, -0.2) is 55.3 Å². The van der Waals surface area contributed by atoms with E-state index in [0.717, 1.165) is 13.0 Å². The highest BCUT2D eigenvalue weighted by Crippen LogP contribution is 2.31. The number of amides is 2. The Kier molecular flexibility index (Phi) is 4.00. The van der Waals surface area contributed by atoms with Crippen molar-refractivity contribution in [2.45, 2.75) is 12.5 Å². The fourth-order valence-corrected chi connectivity index (χ4v) is 3.36. The zero-order valence-electron chi connectivity index (χ0n) is 14.7. The van der Waals surface area contributed by atoms with Crippen molar-refractivity contribution in [1.29, 1.82) is 0 Å². The van der Waals surface area contributed by atoms with Gasteiger partial charge in [-0.3, -0.25) is 14.3 Å². The average molecular weight is 369 g/mol. The first-order chi connectivity index (χ1) is 13.0. The third kappa shape index (κ3) is 2.87. The first kappa shape index (κ1) is 17.0. The lowest BCUT2D eigenvalue weighted by molar-refractivity contribution is 0.0989. The summed E-state index contributed by atoms with van der Waals surface area (Å²) in [5.41, 5.74) is 12.2. The monoisotopic (exact) mass is 369 g/mol. The van der Waals surface area contributed by atoms with E-state index in [4.69, 9.17) is 11.5 Å². The molecule has 4 heterocycles. The summed E-state index contributed by atoms with van der Waals surface area (Å²) >= 11 is 0. The standard InChI is InChI=1S/C16H19N9O2/c1-23-8-11(13(22-23)15(18)27)25(9-2-4-19-6-9)12-3-5-24-16(21-12)10(7-20-24)14(17)26/h3,5,7-9,19H,2,4,6H2,1H3,(H2,17,26)(H2,18,27). The lowest BCUT2D eigenvalue weighted by Crippen LogP contribution is -2.35. The van der Waals surface area contributed by atoms with Crippen molar-refractivity contribution in [3.05, 3.63) is 35.9 Å². The van der Waals surface area contributed by atoms with Crippen LogP contribution < -0.4 is 21.7 Å². The average Bonchev–Trinajstić information content (AvgIpc) is 3.34. The van der Waals surface area contributed by atoms with Crippen LogP contribution in [0, 0.1) is 0 Å². The smallest absolute Gasteiger partial charge is 0.271 e. The number of fused-ring (bicyclic) bond motifs is 1. The van der Waals surface area contributed by atoms with E-state index in [1.54, 1.807) is 25.5 Å². The second kappa shape index (κ2) is 6.36. The molecule has 27 heavy (non-hydrogen) atoms. The number of hydrogen-bond donors (Lipinski definition) is 3. The van der Waals surface area contributed by atoms with Crippen LogP contribution in [0.2, 0.25) is 0 Å². The largest absolute Gasteiger partial charge is 0.365 e. The summed E-state index contributed by atoms with van der Waals surface area (Å²) < 4.78 is 3.02. The molecular formula is C16H19N9O2. The third-order valence-corrected chi connectivity index (χ3v) is 4.57. The van der Waals surface area contributed by atoms with Crippen LogP contribution >= 0.6 is 0 Å². The van der Waals surface area contributed by atoms with Crippen LogP contribution in [0.4, 0.5) is 11.5 Å². The van der Waals surface area contributed by atoms with Gasteiger partial charge in [-0.15, -0.1) is 0 Å². The normalized spacial score (nSPS) is 16.7. The first-order valence-corrected chi connectivity index (χ1v) is 8.43. The van der Waals surface area contributed by atoms with Gasteiger partial charge in [0.15, 0.2) is 11.3 Å². The van der Waals surface area contributed by atoms with E-state index < -0.39 is 11.8 Å². The maximum Gasteiger partial charge on any atom is 0.271 e. The molecule has 1 fully saturated rings. The second-order valence-corrected chi connectivity index (χ2v) is 6.39. The number of hydrogen-bond acceptors (Lipinski definition) is 7. The van der Waals surface area contributed by atoms with E-state index in [9.17, 15) is 9.59 Å². The molecule has 4 rings (SSSR count). The summed E-state index contributed by atoms with van der Waals surface area (Å²) in [5.74, 6) is -0.678. The SMILES string of the molecule is Cn1cc(N(c2ccn3ncc(C(N)=O)c3n2)C2CCNC2)c(C(N)=O)n1. The van der Waals surface area contributed by atoms with Crippen molar-refractivity contribution in [2.75, 3.05) is 18.0 Å². The second-order valence-electron chi connectivity index (χ2n) is 6.39.